The molecule has 5 rings (SSSR count). The second-order valence-corrected chi connectivity index (χ2v) is 5.72. The molecule has 0 saturated heterocycles. The van der Waals surface area contributed by atoms with Crippen LogP contribution in [0, 0.1) is 0 Å². The summed E-state index contributed by atoms with van der Waals surface area (Å²) in [4.78, 5) is 4.78. The third kappa shape index (κ3) is 1.52. The molecule has 0 unspecified atom stereocenters. The Hall–Kier alpha value is -2.87. The Kier molecular flexibility index (Phi) is 2.30. The van der Waals surface area contributed by atoms with Crippen molar-refractivity contribution in [1.29, 1.82) is 0 Å². The molecule has 0 aliphatic carbocycles. The highest BCUT2D eigenvalue weighted by atomic mass is 14.9. The summed E-state index contributed by atoms with van der Waals surface area (Å²) >= 11 is 0. The van der Waals surface area contributed by atoms with Crippen molar-refractivity contribution >= 4 is 44.2 Å². The topological polar surface area (TPSA) is 24.9 Å². The van der Waals surface area contributed by atoms with E-state index in [4.69, 9.17) is 4.98 Å². The van der Waals surface area contributed by atoms with Gasteiger partial charge in [0.25, 0.3) is 0 Å². The zero-order valence-electron chi connectivity index (χ0n) is 12.0. The molecule has 0 bridgehead atoms. The molecule has 2 heteroatoms. The number of fused-ring (bicyclic) bond motifs is 7. The average molecular weight is 282 g/mol. The van der Waals surface area contributed by atoms with Crippen LogP contribution in [0.15, 0.2) is 60.8 Å². The molecule has 2 nitrogen and oxygen atoms in total. The van der Waals surface area contributed by atoms with Gasteiger partial charge in [-0.2, -0.15) is 0 Å². The number of nitrogens with zero attached hydrogens (tertiary/aromatic N) is 1. The van der Waals surface area contributed by atoms with E-state index in [1.807, 2.05) is 6.20 Å². The Morgan fingerprint density at radius 1 is 0.818 bits per heavy atom. The van der Waals surface area contributed by atoms with Crippen LogP contribution in [0.4, 0.5) is 5.69 Å². The van der Waals surface area contributed by atoms with E-state index >= 15 is 0 Å². The van der Waals surface area contributed by atoms with Gasteiger partial charge < -0.3 is 5.32 Å². The Morgan fingerprint density at radius 2 is 1.73 bits per heavy atom. The summed E-state index contributed by atoms with van der Waals surface area (Å²) < 4.78 is 0. The van der Waals surface area contributed by atoms with Crippen LogP contribution in [0.5, 0.6) is 0 Å². The Morgan fingerprint density at radius 3 is 2.73 bits per heavy atom. The van der Waals surface area contributed by atoms with Gasteiger partial charge in [-0.1, -0.05) is 60.7 Å². The third-order valence-electron chi connectivity index (χ3n) is 4.49. The molecule has 4 aromatic rings. The van der Waals surface area contributed by atoms with Crippen molar-refractivity contribution in [3.63, 3.8) is 0 Å². The summed E-state index contributed by atoms with van der Waals surface area (Å²) in [5, 5.41) is 9.68. The van der Waals surface area contributed by atoms with Crippen LogP contribution < -0.4 is 5.32 Å². The summed E-state index contributed by atoms with van der Waals surface area (Å²) in [5.74, 6) is 0. The maximum absolute atomic E-state index is 4.78. The van der Waals surface area contributed by atoms with Crippen molar-refractivity contribution in [3.8, 4) is 0 Å². The van der Waals surface area contributed by atoms with E-state index in [9.17, 15) is 0 Å². The molecular weight excluding hydrogens is 268 g/mol. The molecule has 22 heavy (non-hydrogen) atoms. The van der Waals surface area contributed by atoms with Crippen molar-refractivity contribution in [2.45, 2.75) is 0 Å². The maximum Gasteiger partial charge on any atom is 0.0945 e. The molecule has 0 atom stereocenters. The van der Waals surface area contributed by atoms with E-state index in [1.165, 1.54) is 32.5 Å². The molecular formula is C20H14N2. The Labute approximate surface area is 128 Å². The zero-order valence-corrected chi connectivity index (χ0v) is 12.0. The van der Waals surface area contributed by atoms with Gasteiger partial charge in [0.1, 0.15) is 0 Å². The lowest BCUT2D eigenvalue weighted by Gasteiger charge is -2.16. The van der Waals surface area contributed by atoms with Gasteiger partial charge in [0.15, 0.2) is 0 Å². The molecule has 3 aromatic carbocycles. The van der Waals surface area contributed by atoms with Crippen molar-refractivity contribution in [1.82, 2.24) is 4.98 Å². The van der Waals surface area contributed by atoms with E-state index in [0.29, 0.717) is 0 Å². The van der Waals surface area contributed by atoms with Crippen molar-refractivity contribution < 1.29 is 0 Å². The van der Waals surface area contributed by atoms with E-state index in [1.54, 1.807) is 0 Å². The fourth-order valence-corrected chi connectivity index (χ4v) is 3.43. The normalized spacial score (nSPS) is 13.5. The van der Waals surface area contributed by atoms with Crippen LogP contribution >= 0.6 is 0 Å². The first-order chi connectivity index (χ1) is 10.9. The zero-order chi connectivity index (χ0) is 14.5. The number of anilines is 1. The number of hydrogen-bond acceptors (Lipinski definition) is 2. The van der Waals surface area contributed by atoms with Gasteiger partial charge in [0, 0.05) is 23.5 Å². The Bertz CT molecular complexity index is 1080. The fourth-order valence-electron chi connectivity index (χ4n) is 3.43. The fraction of sp³-hybridized carbons (Fsp3) is 0.0500. The summed E-state index contributed by atoms with van der Waals surface area (Å²) in [6, 6.07) is 17.3. The Balaban J connectivity index is 1.97. The van der Waals surface area contributed by atoms with Crippen molar-refractivity contribution in [2.75, 3.05) is 11.9 Å². The largest absolute Gasteiger partial charge is 0.379 e. The van der Waals surface area contributed by atoms with Gasteiger partial charge in [-0.05, 0) is 21.7 Å². The minimum atomic E-state index is 0.865. The molecule has 1 N–H and O–H groups in total. The van der Waals surface area contributed by atoms with Crippen LogP contribution in [0.3, 0.4) is 0 Å². The number of benzene rings is 3. The van der Waals surface area contributed by atoms with Crippen LogP contribution in [-0.4, -0.2) is 11.5 Å². The van der Waals surface area contributed by atoms with E-state index in [0.717, 1.165) is 17.7 Å². The van der Waals surface area contributed by atoms with E-state index in [2.05, 4.69) is 66.0 Å². The van der Waals surface area contributed by atoms with Crippen LogP contribution in [-0.2, 0) is 0 Å². The first-order valence-electron chi connectivity index (χ1n) is 7.55. The highest BCUT2D eigenvalue weighted by Gasteiger charge is 2.12. The molecule has 1 aliphatic rings. The number of nitrogens with one attached hydrogen (secondary N) is 1. The minimum absolute atomic E-state index is 0.865. The molecule has 0 fully saturated rings. The quantitative estimate of drug-likeness (QED) is 0.460. The average Bonchev–Trinajstić information content (AvgIpc) is 2.60. The van der Waals surface area contributed by atoms with Crippen molar-refractivity contribution in [3.05, 3.63) is 66.4 Å². The second-order valence-electron chi connectivity index (χ2n) is 5.72. The predicted octanol–water partition coefficient (Wildman–Crippen LogP) is 4.98. The van der Waals surface area contributed by atoms with Crippen LogP contribution in [0.2, 0.25) is 0 Å². The molecule has 1 aliphatic heterocycles. The predicted molar refractivity (Wildman–Crippen MR) is 94.3 cm³/mol. The van der Waals surface area contributed by atoms with Gasteiger partial charge in [-0.3, -0.25) is 4.98 Å². The number of rotatable bonds is 0. The first kappa shape index (κ1) is 11.8. The van der Waals surface area contributed by atoms with Gasteiger partial charge in [0.2, 0.25) is 0 Å². The van der Waals surface area contributed by atoms with Crippen LogP contribution in [0.1, 0.15) is 5.56 Å². The van der Waals surface area contributed by atoms with Gasteiger partial charge in [-0.15, -0.1) is 0 Å². The third-order valence-corrected chi connectivity index (χ3v) is 4.49. The highest BCUT2D eigenvalue weighted by molar-refractivity contribution is 6.18. The number of pyridine rings is 1. The smallest absolute Gasteiger partial charge is 0.0945 e. The highest BCUT2D eigenvalue weighted by Crippen LogP contribution is 2.35. The van der Waals surface area contributed by atoms with E-state index < -0.39 is 0 Å². The molecule has 2 heterocycles. The van der Waals surface area contributed by atoms with Gasteiger partial charge in [-0.25, -0.2) is 0 Å². The summed E-state index contributed by atoms with van der Waals surface area (Å²) in [5.41, 5.74) is 3.42. The second kappa shape index (κ2) is 4.31. The number of hydrogen-bond donors (Lipinski definition) is 1. The lowest BCUT2D eigenvalue weighted by Crippen LogP contribution is -2.05. The van der Waals surface area contributed by atoms with Gasteiger partial charge >= 0.3 is 0 Å². The monoisotopic (exact) mass is 282 g/mol. The summed E-state index contributed by atoms with van der Waals surface area (Å²) in [6.07, 6.45) is 6.32. The lowest BCUT2D eigenvalue weighted by molar-refractivity contribution is 1.31. The standard InChI is InChI=1S/C20H14N2/c1-2-6-15-13(4-1)7-9-16-17-10-8-14-5-3-11-21-19(14)20(17)22-12-18(15)16/h1-10,12,21H,11H2. The molecule has 104 valence electrons. The summed E-state index contributed by atoms with van der Waals surface area (Å²) in [6.45, 7) is 0.865. The number of aromatic nitrogens is 1. The molecule has 0 spiro atoms. The SMILES string of the molecule is C1=Cc2ccc3c(ncc4c5ccccc5ccc34)c2NC1. The molecule has 0 amide bonds. The van der Waals surface area contributed by atoms with E-state index in [-0.39, 0.29) is 0 Å². The lowest BCUT2D eigenvalue weighted by atomic mass is 9.98. The first-order valence-corrected chi connectivity index (χ1v) is 7.55. The minimum Gasteiger partial charge on any atom is -0.379 e. The maximum atomic E-state index is 4.78. The molecule has 0 saturated carbocycles. The summed E-state index contributed by atoms with van der Waals surface area (Å²) in [7, 11) is 0. The molecule has 1 aromatic heterocycles. The van der Waals surface area contributed by atoms with Crippen molar-refractivity contribution in [2.24, 2.45) is 0 Å². The molecule has 0 radical (unpaired) electrons. The van der Waals surface area contributed by atoms with Gasteiger partial charge in [0.05, 0.1) is 11.2 Å². The van der Waals surface area contributed by atoms with Crippen LogP contribution in [0.25, 0.3) is 38.5 Å².